The van der Waals surface area contributed by atoms with E-state index >= 15 is 0 Å². The summed E-state index contributed by atoms with van der Waals surface area (Å²) in [6, 6.07) is 5.45. The standard InChI is InChI=1S/C11H15BrFNS/c1-8(14-5-6-15-2)9-3-4-10(12)11(13)7-9/h3-4,7-8,14H,5-6H2,1-2H3. The molecule has 84 valence electrons. The van der Waals surface area contributed by atoms with Gasteiger partial charge in [-0.05, 0) is 46.8 Å². The fourth-order valence-electron chi connectivity index (χ4n) is 1.28. The molecule has 1 aromatic rings. The first-order valence-corrected chi connectivity index (χ1v) is 7.01. The van der Waals surface area contributed by atoms with Gasteiger partial charge < -0.3 is 5.32 Å². The van der Waals surface area contributed by atoms with Crippen LogP contribution in [-0.2, 0) is 0 Å². The highest BCUT2D eigenvalue weighted by Crippen LogP contribution is 2.20. The third-order valence-electron chi connectivity index (χ3n) is 2.20. The molecule has 1 unspecified atom stereocenters. The molecule has 0 bridgehead atoms. The molecule has 1 aromatic carbocycles. The second-order valence-electron chi connectivity index (χ2n) is 3.34. The molecule has 0 saturated carbocycles. The minimum Gasteiger partial charge on any atom is -0.309 e. The number of halogens is 2. The van der Waals surface area contributed by atoms with Gasteiger partial charge in [0.25, 0.3) is 0 Å². The van der Waals surface area contributed by atoms with Crippen LogP contribution in [0.2, 0.25) is 0 Å². The maximum atomic E-state index is 13.2. The van der Waals surface area contributed by atoms with Gasteiger partial charge in [-0.2, -0.15) is 11.8 Å². The highest BCUT2D eigenvalue weighted by atomic mass is 79.9. The fourth-order valence-corrected chi connectivity index (χ4v) is 1.85. The van der Waals surface area contributed by atoms with E-state index in [0.717, 1.165) is 17.9 Å². The van der Waals surface area contributed by atoms with Crippen molar-refractivity contribution in [3.63, 3.8) is 0 Å². The molecule has 0 spiro atoms. The lowest BCUT2D eigenvalue weighted by molar-refractivity contribution is 0.583. The second-order valence-corrected chi connectivity index (χ2v) is 5.18. The van der Waals surface area contributed by atoms with Crippen molar-refractivity contribution >= 4 is 27.7 Å². The van der Waals surface area contributed by atoms with Gasteiger partial charge >= 0.3 is 0 Å². The van der Waals surface area contributed by atoms with Crippen molar-refractivity contribution in [1.29, 1.82) is 0 Å². The topological polar surface area (TPSA) is 12.0 Å². The normalized spacial score (nSPS) is 12.8. The lowest BCUT2D eigenvalue weighted by atomic mass is 10.1. The van der Waals surface area contributed by atoms with Gasteiger partial charge in [-0.3, -0.25) is 0 Å². The Balaban J connectivity index is 2.57. The van der Waals surface area contributed by atoms with Crippen LogP contribution in [0.3, 0.4) is 0 Å². The predicted octanol–water partition coefficient (Wildman–Crippen LogP) is 3.60. The maximum absolute atomic E-state index is 13.2. The third kappa shape index (κ3) is 4.13. The zero-order valence-corrected chi connectivity index (χ0v) is 11.3. The highest BCUT2D eigenvalue weighted by Gasteiger charge is 2.06. The van der Waals surface area contributed by atoms with Gasteiger partial charge in [-0.25, -0.2) is 4.39 Å². The van der Waals surface area contributed by atoms with Crippen molar-refractivity contribution in [2.45, 2.75) is 13.0 Å². The van der Waals surface area contributed by atoms with Crippen molar-refractivity contribution in [1.82, 2.24) is 5.32 Å². The first-order valence-electron chi connectivity index (χ1n) is 4.82. The molecular formula is C11H15BrFNS. The van der Waals surface area contributed by atoms with Crippen molar-refractivity contribution in [3.8, 4) is 0 Å². The van der Waals surface area contributed by atoms with Gasteiger partial charge in [0, 0.05) is 18.3 Å². The average molecular weight is 292 g/mol. The molecule has 15 heavy (non-hydrogen) atoms. The van der Waals surface area contributed by atoms with Crippen LogP contribution in [0.15, 0.2) is 22.7 Å². The number of benzene rings is 1. The number of hydrogen-bond donors (Lipinski definition) is 1. The summed E-state index contributed by atoms with van der Waals surface area (Å²) in [5, 5.41) is 3.34. The van der Waals surface area contributed by atoms with Gasteiger partial charge in [0.2, 0.25) is 0 Å². The maximum Gasteiger partial charge on any atom is 0.137 e. The van der Waals surface area contributed by atoms with Crippen molar-refractivity contribution in [2.75, 3.05) is 18.6 Å². The van der Waals surface area contributed by atoms with Crippen molar-refractivity contribution in [2.24, 2.45) is 0 Å². The van der Waals surface area contributed by atoms with Crippen LogP contribution in [0, 0.1) is 5.82 Å². The molecule has 0 amide bonds. The molecule has 1 nitrogen and oxygen atoms in total. The number of hydrogen-bond acceptors (Lipinski definition) is 2. The average Bonchev–Trinajstić information content (AvgIpc) is 2.22. The van der Waals surface area contributed by atoms with Crippen LogP contribution in [0.1, 0.15) is 18.5 Å². The van der Waals surface area contributed by atoms with E-state index in [1.165, 1.54) is 0 Å². The fraction of sp³-hybridized carbons (Fsp3) is 0.455. The first-order chi connectivity index (χ1) is 7.15. The van der Waals surface area contributed by atoms with Gasteiger partial charge in [0.1, 0.15) is 5.82 Å². The quantitative estimate of drug-likeness (QED) is 0.832. The lowest BCUT2D eigenvalue weighted by Gasteiger charge is -2.14. The van der Waals surface area contributed by atoms with Gasteiger partial charge in [0.05, 0.1) is 4.47 Å². The Hall–Kier alpha value is -0.0600. The van der Waals surface area contributed by atoms with Gasteiger partial charge in [-0.15, -0.1) is 0 Å². The Morgan fingerprint density at radius 2 is 2.27 bits per heavy atom. The van der Waals surface area contributed by atoms with Gasteiger partial charge in [-0.1, -0.05) is 6.07 Å². The Bertz CT molecular complexity index is 319. The van der Waals surface area contributed by atoms with E-state index in [9.17, 15) is 4.39 Å². The third-order valence-corrected chi connectivity index (χ3v) is 3.46. The molecule has 0 aliphatic heterocycles. The van der Waals surface area contributed by atoms with Crippen LogP contribution < -0.4 is 5.32 Å². The molecule has 0 aliphatic rings. The van der Waals surface area contributed by atoms with E-state index in [0.29, 0.717) is 4.47 Å². The van der Waals surface area contributed by atoms with Crippen LogP contribution in [0.5, 0.6) is 0 Å². The summed E-state index contributed by atoms with van der Waals surface area (Å²) in [4.78, 5) is 0. The van der Waals surface area contributed by atoms with Crippen LogP contribution in [0.4, 0.5) is 4.39 Å². The Morgan fingerprint density at radius 3 is 2.87 bits per heavy atom. The minimum absolute atomic E-state index is 0.194. The van der Waals surface area contributed by atoms with Crippen LogP contribution >= 0.6 is 27.7 Å². The number of thioether (sulfide) groups is 1. The molecule has 0 aromatic heterocycles. The molecule has 0 aliphatic carbocycles. The monoisotopic (exact) mass is 291 g/mol. The molecule has 4 heteroatoms. The van der Waals surface area contributed by atoms with E-state index in [1.54, 1.807) is 23.9 Å². The van der Waals surface area contributed by atoms with Gasteiger partial charge in [0.15, 0.2) is 0 Å². The second kappa shape index (κ2) is 6.51. The molecular weight excluding hydrogens is 277 g/mol. The van der Waals surface area contributed by atoms with Crippen molar-refractivity contribution < 1.29 is 4.39 Å². The molecule has 1 rings (SSSR count). The Kier molecular flexibility index (Phi) is 5.64. The summed E-state index contributed by atoms with van der Waals surface area (Å²) < 4.78 is 13.8. The molecule has 1 atom stereocenters. The highest BCUT2D eigenvalue weighted by molar-refractivity contribution is 9.10. The molecule has 0 fully saturated rings. The summed E-state index contributed by atoms with van der Waals surface area (Å²) >= 11 is 4.94. The number of rotatable bonds is 5. The van der Waals surface area contributed by atoms with Crippen LogP contribution in [0.25, 0.3) is 0 Å². The van der Waals surface area contributed by atoms with Crippen LogP contribution in [-0.4, -0.2) is 18.6 Å². The minimum atomic E-state index is -0.203. The molecule has 0 heterocycles. The largest absolute Gasteiger partial charge is 0.309 e. The van der Waals surface area contributed by atoms with Crippen molar-refractivity contribution in [3.05, 3.63) is 34.1 Å². The zero-order chi connectivity index (χ0) is 11.3. The van der Waals surface area contributed by atoms with E-state index in [2.05, 4.69) is 27.5 Å². The van der Waals surface area contributed by atoms with E-state index in [4.69, 9.17) is 0 Å². The molecule has 0 radical (unpaired) electrons. The Labute approximate surface area is 103 Å². The molecule has 0 saturated heterocycles. The van der Waals surface area contributed by atoms with E-state index in [1.807, 2.05) is 13.0 Å². The summed E-state index contributed by atoms with van der Waals surface area (Å²) in [6.45, 7) is 2.99. The predicted molar refractivity (Wildman–Crippen MR) is 68.9 cm³/mol. The molecule has 1 N–H and O–H groups in total. The number of nitrogens with one attached hydrogen (secondary N) is 1. The summed E-state index contributed by atoms with van der Waals surface area (Å²) in [6.07, 6.45) is 2.08. The van der Waals surface area contributed by atoms with E-state index in [-0.39, 0.29) is 11.9 Å². The zero-order valence-electron chi connectivity index (χ0n) is 8.89. The summed E-state index contributed by atoms with van der Waals surface area (Å²) in [5.74, 6) is 0.870. The Morgan fingerprint density at radius 1 is 1.53 bits per heavy atom. The SMILES string of the molecule is CSCCNC(C)c1ccc(Br)c(F)c1. The first kappa shape index (κ1) is 13.0. The summed E-state index contributed by atoms with van der Waals surface area (Å²) in [7, 11) is 0. The smallest absolute Gasteiger partial charge is 0.137 e. The lowest BCUT2D eigenvalue weighted by Crippen LogP contribution is -2.21. The van der Waals surface area contributed by atoms with E-state index < -0.39 is 0 Å². The summed E-state index contributed by atoms with van der Waals surface area (Å²) in [5.41, 5.74) is 0.983.